The number of hydrogen-bond acceptors (Lipinski definition) is 5. The Morgan fingerprint density at radius 1 is 1.33 bits per heavy atom. The molecule has 0 aliphatic carbocycles. The van der Waals surface area contributed by atoms with E-state index >= 15 is 0 Å². The van der Waals surface area contributed by atoms with Crippen LogP contribution in [-0.2, 0) is 7.05 Å². The summed E-state index contributed by atoms with van der Waals surface area (Å²) in [6.07, 6.45) is 3.47. The first-order chi connectivity index (χ1) is 7.22. The Kier molecular flexibility index (Phi) is 2.32. The van der Waals surface area contributed by atoms with E-state index < -0.39 is 0 Å². The molecule has 0 atom stereocenters. The predicted molar refractivity (Wildman–Crippen MR) is 56.3 cm³/mol. The summed E-state index contributed by atoms with van der Waals surface area (Å²) < 4.78 is 1.69. The molecule has 0 fully saturated rings. The number of aromatic nitrogens is 5. The molecule has 2 aromatic heterocycles. The SMILES string of the molecule is CNc1ncc(C)c(-c2cnnn2C)n1. The van der Waals surface area contributed by atoms with Crippen molar-refractivity contribution in [2.24, 2.45) is 7.05 Å². The van der Waals surface area contributed by atoms with Crippen LogP contribution in [0.2, 0.25) is 0 Å². The number of nitrogens with zero attached hydrogens (tertiary/aromatic N) is 5. The molecule has 2 rings (SSSR count). The van der Waals surface area contributed by atoms with Gasteiger partial charge in [-0.25, -0.2) is 14.6 Å². The van der Waals surface area contributed by atoms with Crippen LogP contribution >= 0.6 is 0 Å². The summed E-state index contributed by atoms with van der Waals surface area (Å²) in [6, 6.07) is 0. The molecule has 6 heteroatoms. The van der Waals surface area contributed by atoms with E-state index in [4.69, 9.17) is 0 Å². The standard InChI is InChI=1S/C9H12N6/c1-6-4-11-9(10-2)13-8(6)7-5-12-14-15(7)3/h4-5H,1-3H3,(H,10,11,13). The lowest BCUT2D eigenvalue weighted by Gasteiger charge is -2.05. The first-order valence-electron chi connectivity index (χ1n) is 4.59. The number of aryl methyl sites for hydroxylation is 2. The minimum absolute atomic E-state index is 0.594. The van der Waals surface area contributed by atoms with Crippen molar-refractivity contribution in [1.82, 2.24) is 25.0 Å². The molecule has 0 unspecified atom stereocenters. The van der Waals surface area contributed by atoms with E-state index in [2.05, 4.69) is 25.6 Å². The molecular formula is C9H12N6. The zero-order valence-electron chi connectivity index (χ0n) is 8.89. The molecule has 0 aromatic carbocycles. The fraction of sp³-hybridized carbons (Fsp3) is 0.333. The zero-order valence-corrected chi connectivity index (χ0v) is 8.89. The maximum absolute atomic E-state index is 4.37. The molecule has 0 bridgehead atoms. The van der Waals surface area contributed by atoms with Gasteiger partial charge in [0.2, 0.25) is 5.95 Å². The van der Waals surface area contributed by atoms with Crippen LogP contribution in [0.25, 0.3) is 11.4 Å². The van der Waals surface area contributed by atoms with Crippen LogP contribution in [0.15, 0.2) is 12.4 Å². The topological polar surface area (TPSA) is 68.5 Å². The first-order valence-corrected chi connectivity index (χ1v) is 4.59. The maximum atomic E-state index is 4.37. The summed E-state index contributed by atoms with van der Waals surface area (Å²) in [5.74, 6) is 0.594. The van der Waals surface area contributed by atoms with Gasteiger partial charge in [0.1, 0.15) is 5.69 Å². The second kappa shape index (κ2) is 3.64. The van der Waals surface area contributed by atoms with Crippen molar-refractivity contribution in [1.29, 1.82) is 0 Å². The van der Waals surface area contributed by atoms with Crippen molar-refractivity contribution in [3.8, 4) is 11.4 Å². The molecule has 15 heavy (non-hydrogen) atoms. The Hall–Kier alpha value is -1.98. The van der Waals surface area contributed by atoms with Crippen molar-refractivity contribution >= 4 is 5.95 Å². The van der Waals surface area contributed by atoms with Gasteiger partial charge in [-0.2, -0.15) is 0 Å². The maximum Gasteiger partial charge on any atom is 0.223 e. The van der Waals surface area contributed by atoms with Gasteiger partial charge in [-0.1, -0.05) is 5.21 Å². The first kappa shape index (κ1) is 9.57. The summed E-state index contributed by atoms with van der Waals surface area (Å²) >= 11 is 0. The van der Waals surface area contributed by atoms with Crippen molar-refractivity contribution in [3.63, 3.8) is 0 Å². The van der Waals surface area contributed by atoms with Gasteiger partial charge in [-0.3, -0.25) is 0 Å². The van der Waals surface area contributed by atoms with Crippen molar-refractivity contribution < 1.29 is 0 Å². The van der Waals surface area contributed by atoms with Crippen LogP contribution in [0.1, 0.15) is 5.56 Å². The fourth-order valence-corrected chi connectivity index (χ4v) is 1.33. The molecule has 0 saturated heterocycles. The highest BCUT2D eigenvalue weighted by Crippen LogP contribution is 2.19. The van der Waals surface area contributed by atoms with E-state index in [1.54, 1.807) is 24.1 Å². The molecule has 0 aliphatic heterocycles. The van der Waals surface area contributed by atoms with Gasteiger partial charge in [-0.05, 0) is 12.5 Å². The van der Waals surface area contributed by atoms with Crippen molar-refractivity contribution in [2.45, 2.75) is 6.92 Å². The van der Waals surface area contributed by atoms with E-state index in [-0.39, 0.29) is 0 Å². The largest absolute Gasteiger partial charge is 0.357 e. The second-order valence-electron chi connectivity index (χ2n) is 3.22. The minimum atomic E-state index is 0.594. The highest BCUT2D eigenvalue weighted by molar-refractivity contribution is 5.58. The average Bonchev–Trinajstić information content (AvgIpc) is 2.65. The smallest absolute Gasteiger partial charge is 0.223 e. The minimum Gasteiger partial charge on any atom is -0.357 e. The molecule has 1 N–H and O–H groups in total. The number of rotatable bonds is 2. The van der Waals surface area contributed by atoms with E-state index in [1.807, 2.05) is 14.0 Å². The number of nitrogens with one attached hydrogen (secondary N) is 1. The Morgan fingerprint density at radius 3 is 2.73 bits per heavy atom. The van der Waals surface area contributed by atoms with Gasteiger partial charge in [0, 0.05) is 20.3 Å². The van der Waals surface area contributed by atoms with Gasteiger partial charge < -0.3 is 5.32 Å². The van der Waals surface area contributed by atoms with Crippen LogP contribution in [0.3, 0.4) is 0 Å². The number of hydrogen-bond donors (Lipinski definition) is 1. The molecule has 2 heterocycles. The zero-order chi connectivity index (χ0) is 10.8. The molecule has 0 amide bonds. The third kappa shape index (κ3) is 1.65. The molecule has 0 saturated carbocycles. The Morgan fingerprint density at radius 2 is 2.13 bits per heavy atom. The average molecular weight is 204 g/mol. The van der Waals surface area contributed by atoms with Crippen LogP contribution in [0.4, 0.5) is 5.95 Å². The molecule has 6 nitrogen and oxygen atoms in total. The highest BCUT2D eigenvalue weighted by Gasteiger charge is 2.09. The third-order valence-electron chi connectivity index (χ3n) is 2.15. The van der Waals surface area contributed by atoms with Gasteiger partial charge in [-0.15, -0.1) is 5.10 Å². The van der Waals surface area contributed by atoms with Crippen LogP contribution in [0, 0.1) is 6.92 Å². The summed E-state index contributed by atoms with van der Waals surface area (Å²) in [5.41, 5.74) is 2.73. The van der Waals surface area contributed by atoms with E-state index in [9.17, 15) is 0 Å². The molecule has 0 radical (unpaired) electrons. The normalized spacial score (nSPS) is 10.3. The van der Waals surface area contributed by atoms with Crippen LogP contribution in [0.5, 0.6) is 0 Å². The molecule has 0 spiro atoms. The van der Waals surface area contributed by atoms with Crippen molar-refractivity contribution in [2.75, 3.05) is 12.4 Å². The highest BCUT2D eigenvalue weighted by atomic mass is 15.4. The Balaban J connectivity index is 2.56. The van der Waals surface area contributed by atoms with E-state index in [0.717, 1.165) is 17.0 Å². The van der Waals surface area contributed by atoms with Gasteiger partial charge >= 0.3 is 0 Å². The lowest BCUT2D eigenvalue weighted by Crippen LogP contribution is -2.02. The summed E-state index contributed by atoms with van der Waals surface area (Å²) in [6.45, 7) is 1.96. The fourth-order valence-electron chi connectivity index (χ4n) is 1.33. The molecular weight excluding hydrogens is 192 g/mol. The molecule has 2 aromatic rings. The second-order valence-corrected chi connectivity index (χ2v) is 3.22. The number of anilines is 1. The van der Waals surface area contributed by atoms with Crippen molar-refractivity contribution in [3.05, 3.63) is 18.0 Å². The van der Waals surface area contributed by atoms with Gasteiger partial charge in [0.05, 0.1) is 11.9 Å². The summed E-state index contributed by atoms with van der Waals surface area (Å²) in [5, 5.41) is 10.6. The quantitative estimate of drug-likeness (QED) is 0.776. The van der Waals surface area contributed by atoms with Gasteiger partial charge in [0.15, 0.2) is 0 Å². The van der Waals surface area contributed by atoms with Crippen LogP contribution < -0.4 is 5.32 Å². The lowest BCUT2D eigenvalue weighted by atomic mass is 10.2. The molecule has 78 valence electrons. The Bertz CT molecular complexity index is 475. The van der Waals surface area contributed by atoms with E-state index in [0.29, 0.717) is 5.95 Å². The van der Waals surface area contributed by atoms with E-state index in [1.165, 1.54) is 0 Å². The lowest BCUT2D eigenvalue weighted by molar-refractivity contribution is 0.718. The monoisotopic (exact) mass is 204 g/mol. The summed E-state index contributed by atoms with van der Waals surface area (Å²) in [4.78, 5) is 8.50. The Labute approximate surface area is 87.4 Å². The molecule has 0 aliphatic rings. The van der Waals surface area contributed by atoms with Crippen LogP contribution in [-0.4, -0.2) is 32.0 Å². The predicted octanol–water partition coefficient (Wildman–Crippen LogP) is 0.622. The summed E-state index contributed by atoms with van der Waals surface area (Å²) in [7, 11) is 3.62. The third-order valence-corrected chi connectivity index (χ3v) is 2.15. The van der Waals surface area contributed by atoms with Gasteiger partial charge in [0.25, 0.3) is 0 Å².